The first-order valence-corrected chi connectivity index (χ1v) is 13.4. The monoisotopic (exact) mass is 542 g/mol. The average Bonchev–Trinajstić information content (AvgIpc) is 3.20. The highest BCUT2D eigenvalue weighted by molar-refractivity contribution is 9.10. The Morgan fingerprint density at radius 3 is 2.39 bits per heavy atom. The fourth-order valence-corrected chi connectivity index (χ4v) is 6.33. The lowest BCUT2D eigenvalue weighted by Crippen LogP contribution is -2.30. The van der Waals surface area contributed by atoms with Crippen molar-refractivity contribution in [1.29, 1.82) is 0 Å². The van der Waals surface area contributed by atoms with Crippen LogP contribution in [-0.4, -0.2) is 20.9 Å². The molecule has 8 heteroatoms. The molecule has 0 saturated carbocycles. The molecular formula is C25H23BrN2O3S2. The molecule has 0 fully saturated rings. The first kappa shape index (κ1) is 23.5. The van der Waals surface area contributed by atoms with Gasteiger partial charge in [-0.25, -0.2) is 8.42 Å². The Hall–Kier alpha value is -2.68. The summed E-state index contributed by atoms with van der Waals surface area (Å²) < 4.78 is 29.6. The molecule has 0 aliphatic heterocycles. The molecule has 0 spiro atoms. The SMILES string of the molecule is CCN(c1ccc2sc(C(=O)Nc3ccc(C)cc3C)cc2c1)S(=O)(=O)c1ccc(Br)cc1. The standard InChI is InChI=1S/C25H23BrN2O3S2/c1-4-28(33(30,31)21-9-6-19(26)7-10-21)20-8-12-23-18(14-20)15-24(32-23)25(29)27-22-11-5-16(2)13-17(22)3/h5-15H,4H2,1-3H3,(H,27,29). The third-order valence-electron chi connectivity index (χ3n) is 5.33. The Morgan fingerprint density at radius 1 is 1.00 bits per heavy atom. The van der Waals surface area contributed by atoms with E-state index in [9.17, 15) is 13.2 Å². The highest BCUT2D eigenvalue weighted by atomic mass is 79.9. The number of sulfonamides is 1. The van der Waals surface area contributed by atoms with Gasteiger partial charge in [-0.2, -0.15) is 0 Å². The molecule has 170 valence electrons. The number of carbonyl (C=O) groups excluding carboxylic acids is 1. The van der Waals surface area contributed by atoms with E-state index in [0.717, 1.165) is 31.4 Å². The summed E-state index contributed by atoms with van der Waals surface area (Å²) in [6.07, 6.45) is 0. The van der Waals surface area contributed by atoms with E-state index in [-0.39, 0.29) is 17.3 Å². The predicted molar refractivity (Wildman–Crippen MR) is 140 cm³/mol. The molecule has 0 bridgehead atoms. The maximum absolute atomic E-state index is 13.2. The van der Waals surface area contributed by atoms with Crippen molar-refractivity contribution in [2.75, 3.05) is 16.2 Å². The van der Waals surface area contributed by atoms with Crippen molar-refractivity contribution in [3.63, 3.8) is 0 Å². The van der Waals surface area contributed by atoms with Crippen LogP contribution < -0.4 is 9.62 Å². The number of anilines is 2. The molecule has 3 aromatic carbocycles. The van der Waals surface area contributed by atoms with Gasteiger partial charge in [0.25, 0.3) is 15.9 Å². The number of thiophene rings is 1. The van der Waals surface area contributed by atoms with E-state index in [0.29, 0.717) is 10.6 Å². The van der Waals surface area contributed by atoms with E-state index in [2.05, 4.69) is 21.2 Å². The summed E-state index contributed by atoms with van der Waals surface area (Å²) in [6.45, 7) is 6.06. The first-order valence-electron chi connectivity index (χ1n) is 10.4. The number of nitrogens with one attached hydrogen (secondary N) is 1. The van der Waals surface area contributed by atoms with E-state index in [4.69, 9.17) is 0 Å². The number of amides is 1. The van der Waals surface area contributed by atoms with Crippen LogP contribution in [-0.2, 0) is 10.0 Å². The van der Waals surface area contributed by atoms with Gasteiger partial charge in [-0.3, -0.25) is 9.10 Å². The fourth-order valence-electron chi connectivity index (χ4n) is 3.66. The highest BCUT2D eigenvalue weighted by Crippen LogP contribution is 2.32. The van der Waals surface area contributed by atoms with Crippen LogP contribution in [0.3, 0.4) is 0 Å². The molecule has 1 heterocycles. The molecule has 0 aliphatic rings. The molecule has 1 amide bonds. The maximum atomic E-state index is 13.2. The number of hydrogen-bond donors (Lipinski definition) is 1. The second kappa shape index (κ2) is 9.29. The number of fused-ring (bicyclic) bond motifs is 1. The quantitative estimate of drug-likeness (QED) is 0.293. The third-order valence-corrected chi connectivity index (χ3v) is 8.89. The van der Waals surface area contributed by atoms with Gasteiger partial charge < -0.3 is 5.32 Å². The lowest BCUT2D eigenvalue weighted by Gasteiger charge is -2.23. The van der Waals surface area contributed by atoms with E-state index in [1.165, 1.54) is 15.6 Å². The van der Waals surface area contributed by atoms with Crippen molar-refractivity contribution < 1.29 is 13.2 Å². The molecule has 0 radical (unpaired) electrons. The second-order valence-electron chi connectivity index (χ2n) is 7.73. The van der Waals surface area contributed by atoms with Gasteiger partial charge in [0.1, 0.15) is 0 Å². The third kappa shape index (κ3) is 4.83. The number of hydrogen-bond acceptors (Lipinski definition) is 4. The molecule has 4 aromatic rings. The van der Waals surface area contributed by atoms with Gasteiger partial charge in [0.15, 0.2) is 0 Å². The first-order chi connectivity index (χ1) is 15.7. The topological polar surface area (TPSA) is 66.5 Å². The molecule has 1 N–H and O–H groups in total. The Labute approximate surface area is 206 Å². The molecule has 0 saturated heterocycles. The van der Waals surface area contributed by atoms with Crippen molar-refractivity contribution in [2.45, 2.75) is 25.7 Å². The Bertz CT molecular complexity index is 1440. The summed E-state index contributed by atoms with van der Waals surface area (Å²) >= 11 is 4.72. The van der Waals surface area contributed by atoms with Gasteiger partial charge in [0.05, 0.1) is 15.5 Å². The zero-order chi connectivity index (χ0) is 23.8. The lowest BCUT2D eigenvalue weighted by molar-refractivity contribution is 0.103. The predicted octanol–water partition coefficient (Wildman–Crippen LogP) is 6.75. The Kier molecular flexibility index (Phi) is 6.61. The smallest absolute Gasteiger partial charge is 0.265 e. The summed E-state index contributed by atoms with van der Waals surface area (Å²) in [6, 6.07) is 19.8. The number of carbonyl (C=O) groups is 1. The normalized spacial score (nSPS) is 11.5. The van der Waals surface area contributed by atoms with Gasteiger partial charge >= 0.3 is 0 Å². The van der Waals surface area contributed by atoms with E-state index in [1.807, 2.05) is 50.2 Å². The van der Waals surface area contributed by atoms with Gasteiger partial charge in [-0.1, -0.05) is 33.6 Å². The molecule has 0 atom stereocenters. The zero-order valence-corrected chi connectivity index (χ0v) is 21.6. The van der Waals surface area contributed by atoms with Crippen molar-refractivity contribution >= 4 is 64.7 Å². The molecule has 0 unspecified atom stereocenters. The molecule has 5 nitrogen and oxygen atoms in total. The minimum atomic E-state index is -3.71. The number of nitrogens with zero attached hydrogens (tertiary/aromatic N) is 1. The average molecular weight is 544 g/mol. The number of rotatable bonds is 6. The zero-order valence-electron chi connectivity index (χ0n) is 18.4. The molecule has 4 rings (SSSR count). The van der Waals surface area contributed by atoms with E-state index in [1.54, 1.807) is 37.3 Å². The van der Waals surface area contributed by atoms with Gasteiger partial charge in [-0.05, 0) is 86.3 Å². The largest absolute Gasteiger partial charge is 0.321 e. The summed E-state index contributed by atoms with van der Waals surface area (Å²) in [5.41, 5.74) is 3.48. The minimum absolute atomic E-state index is 0.181. The minimum Gasteiger partial charge on any atom is -0.321 e. The van der Waals surface area contributed by atoms with Crippen LogP contribution in [0.4, 0.5) is 11.4 Å². The van der Waals surface area contributed by atoms with Crippen LogP contribution in [0, 0.1) is 13.8 Å². The van der Waals surface area contributed by atoms with Gasteiger partial charge in [-0.15, -0.1) is 11.3 Å². The van der Waals surface area contributed by atoms with Crippen LogP contribution in [0.1, 0.15) is 27.7 Å². The molecule has 0 aliphatic carbocycles. The summed E-state index contributed by atoms with van der Waals surface area (Å²) in [5, 5.41) is 3.80. The number of benzene rings is 3. The lowest BCUT2D eigenvalue weighted by atomic mass is 10.1. The van der Waals surface area contributed by atoms with E-state index < -0.39 is 10.0 Å². The van der Waals surface area contributed by atoms with Crippen LogP contribution in [0.2, 0.25) is 0 Å². The van der Waals surface area contributed by atoms with Crippen LogP contribution in [0.15, 0.2) is 76.1 Å². The van der Waals surface area contributed by atoms with Crippen LogP contribution in [0.5, 0.6) is 0 Å². The van der Waals surface area contributed by atoms with Crippen molar-refractivity contribution in [3.05, 3.63) is 87.2 Å². The molecular weight excluding hydrogens is 520 g/mol. The van der Waals surface area contributed by atoms with E-state index >= 15 is 0 Å². The Morgan fingerprint density at radius 2 is 1.73 bits per heavy atom. The number of aryl methyl sites for hydroxylation is 2. The van der Waals surface area contributed by atoms with Crippen molar-refractivity contribution in [1.82, 2.24) is 0 Å². The van der Waals surface area contributed by atoms with Crippen LogP contribution >= 0.6 is 27.3 Å². The summed E-state index contributed by atoms with van der Waals surface area (Å²) in [4.78, 5) is 13.7. The molecule has 1 aromatic heterocycles. The summed E-state index contributed by atoms with van der Waals surface area (Å²) in [7, 11) is -3.71. The van der Waals surface area contributed by atoms with Gasteiger partial charge in [0.2, 0.25) is 0 Å². The maximum Gasteiger partial charge on any atom is 0.265 e. The number of halogens is 1. The Balaban J connectivity index is 1.64. The second-order valence-corrected chi connectivity index (χ2v) is 11.6. The van der Waals surface area contributed by atoms with Crippen molar-refractivity contribution in [2.24, 2.45) is 0 Å². The van der Waals surface area contributed by atoms with Crippen molar-refractivity contribution in [3.8, 4) is 0 Å². The van der Waals surface area contributed by atoms with Gasteiger partial charge in [0, 0.05) is 21.4 Å². The molecule has 33 heavy (non-hydrogen) atoms. The highest BCUT2D eigenvalue weighted by Gasteiger charge is 2.24. The van der Waals surface area contributed by atoms with Crippen LogP contribution in [0.25, 0.3) is 10.1 Å². The summed E-state index contributed by atoms with van der Waals surface area (Å²) in [5.74, 6) is -0.181. The fraction of sp³-hybridized carbons (Fsp3) is 0.160.